The molecule has 2 aliphatic rings. The molecule has 0 saturated heterocycles. The summed E-state index contributed by atoms with van der Waals surface area (Å²) in [7, 11) is 0. The van der Waals surface area contributed by atoms with Crippen molar-refractivity contribution < 1.29 is 9.53 Å². The first-order valence-corrected chi connectivity index (χ1v) is 13.5. The Morgan fingerprint density at radius 1 is 1.09 bits per heavy atom. The summed E-state index contributed by atoms with van der Waals surface area (Å²) in [6.45, 7) is 1.87. The second-order valence-electron chi connectivity index (χ2n) is 8.80. The molecule has 1 fully saturated rings. The summed E-state index contributed by atoms with van der Waals surface area (Å²) in [5, 5.41) is 9.88. The highest BCUT2D eigenvalue weighted by molar-refractivity contribution is 7.98. The lowest BCUT2D eigenvalue weighted by atomic mass is 9.95. The lowest BCUT2D eigenvalue weighted by Gasteiger charge is -2.30. The van der Waals surface area contributed by atoms with E-state index in [1.165, 1.54) is 18.2 Å². The van der Waals surface area contributed by atoms with Crippen molar-refractivity contribution in [3.8, 4) is 0 Å². The number of hydrogen-bond acceptors (Lipinski definition) is 6. The van der Waals surface area contributed by atoms with Gasteiger partial charge < -0.3 is 10.1 Å². The van der Waals surface area contributed by atoms with Crippen LogP contribution in [0.4, 0.5) is 5.95 Å². The number of esters is 1. The number of halogens is 2. The molecule has 1 aliphatic carbocycles. The fourth-order valence-electron chi connectivity index (χ4n) is 4.60. The Bertz CT molecular complexity index is 1270. The number of nitrogens with one attached hydrogen (secondary N) is 1. The van der Waals surface area contributed by atoms with E-state index in [0.717, 1.165) is 36.8 Å². The van der Waals surface area contributed by atoms with E-state index in [4.69, 9.17) is 38.0 Å². The third kappa shape index (κ3) is 5.22. The van der Waals surface area contributed by atoms with Gasteiger partial charge in [-0.3, -0.25) is 0 Å². The van der Waals surface area contributed by atoms with Crippen LogP contribution in [0.3, 0.4) is 0 Å². The topological polar surface area (TPSA) is 69.0 Å². The molecule has 5 rings (SSSR count). The summed E-state index contributed by atoms with van der Waals surface area (Å²) in [6.07, 6.45) is 5.11. The molecule has 2 heterocycles. The Labute approximate surface area is 219 Å². The van der Waals surface area contributed by atoms with Crippen molar-refractivity contribution in [3.05, 3.63) is 81.0 Å². The zero-order valence-electron chi connectivity index (χ0n) is 19.3. The molecule has 9 heteroatoms. The van der Waals surface area contributed by atoms with Gasteiger partial charge >= 0.3 is 5.97 Å². The van der Waals surface area contributed by atoms with E-state index in [9.17, 15) is 4.79 Å². The molecule has 1 saturated carbocycles. The predicted molar refractivity (Wildman–Crippen MR) is 140 cm³/mol. The first-order chi connectivity index (χ1) is 17.0. The molecule has 1 N–H and O–H groups in total. The quantitative estimate of drug-likeness (QED) is 0.273. The second kappa shape index (κ2) is 10.6. The molecular weight excluding hydrogens is 503 g/mol. The number of anilines is 1. The van der Waals surface area contributed by atoms with E-state index in [2.05, 4.69) is 5.32 Å². The number of rotatable bonds is 6. The first-order valence-electron chi connectivity index (χ1n) is 11.8. The highest BCUT2D eigenvalue weighted by atomic mass is 35.5. The highest BCUT2D eigenvalue weighted by Gasteiger charge is 2.37. The van der Waals surface area contributed by atoms with Crippen LogP contribution in [0, 0.1) is 0 Å². The van der Waals surface area contributed by atoms with E-state index >= 15 is 0 Å². The summed E-state index contributed by atoms with van der Waals surface area (Å²) in [5.74, 6) is 0.851. The Morgan fingerprint density at radius 2 is 1.80 bits per heavy atom. The fraction of sp³-hybridized carbons (Fsp3) is 0.346. The van der Waals surface area contributed by atoms with Gasteiger partial charge in [0, 0.05) is 27.1 Å². The number of hydrogen-bond donors (Lipinski definition) is 1. The molecule has 6 nitrogen and oxygen atoms in total. The normalized spacial score (nSPS) is 18.2. The zero-order chi connectivity index (χ0) is 24.4. The molecule has 1 unspecified atom stereocenters. The largest absolute Gasteiger partial charge is 0.459 e. The maximum absolute atomic E-state index is 13.5. The number of benzene rings is 2. The molecule has 0 amide bonds. The van der Waals surface area contributed by atoms with Gasteiger partial charge in [-0.1, -0.05) is 77.8 Å². The molecule has 0 spiro atoms. The van der Waals surface area contributed by atoms with Crippen LogP contribution in [-0.2, 0) is 15.3 Å². The minimum atomic E-state index is -0.543. The van der Waals surface area contributed by atoms with E-state index in [1.54, 1.807) is 4.68 Å². The molecular formula is C26H26Cl2N4O2S. The van der Waals surface area contributed by atoms with Gasteiger partial charge in [-0.25, -0.2) is 9.48 Å². The van der Waals surface area contributed by atoms with Gasteiger partial charge in [0.05, 0.1) is 5.57 Å². The summed E-state index contributed by atoms with van der Waals surface area (Å²) in [5.41, 5.74) is 2.98. The van der Waals surface area contributed by atoms with Gasteiger partial charge in [-0.15, -0.1) is 5.10 Å². The minimum Gasteiger partial charge on any atom is -0.459 e. The van der Waals surface area contributed by atoms with Crippen LogP contribution in [0.25, 0.3) is 0 Å². The lowest BCUT2D eigenvalue weighted by Crippen LogP contribution is -2.32. The molecule has 182 valence electrons. The zero-order valence-corrected chi connectivity index (χ0v) is 21.7. The van der Waals surface area contributed by atoms with Gasteiger partial charge in [-0.2, -0.15) is 4.98 Å². The summed E-state index contributed by atoms with van der Waals surface area (Å²) < 4.78 is 7.71. The predicted octanol–water partition coefficient (Wildman–Crippen LogP) is 7.04. The Morgan fingerprint density at radius 3 is 2.54 bits per heavy atom. The molecule has 1 aliphatic heterocycles. The van der Waals surface area contributed by atoms with Crippen molar-refractivity contribution in [1.82, 2.24) is 14.8 Å². The summed E-state index contributed by atoms with van der Waals surface area (Å²) in [6, 6.07) is 14.7. The first kappa shape index (κ1) is 24.2. The third-order valence-electron chi connectivity index (χ3n) is 6.39. The number of ether oxygens (including phenoxy) is 1. The average Bonchev–Trinajstić information content (AvgIpc) is 3.26. The molecule has 2 aromatic carbocycles. The van der Waals surface area contributed by atoms with Crippen LogP contribution < -0.4 is 5.32 Å². The van der Waals surface area contributed by atoms with E-state index in [0.29, 0.717) is 38.2 Å². The van der Waals surface area contributed by atoms with E-state index < -0.39 is 6.04 Å². The molecule has 0 radical (unpaired) electrons. The number of allylic oxidation sites excluding steroid dienone is 1. The third-order valence-corrected chi connectivity index (χ3v) is 7.99. The maximum atomic E-state index is 13.5. The summed E-state index contributed by atoms with van der Waals surface area (Å²) >= 11 is 14.4. The molecule has 0 bridgehead atoms. The van der Waals surface area contributed by atoms with Crippen LogP contribution in [0.15, 0.2) is 65.0 Å². The fourth-order valence-corrected chi connectivity index (χ4v) is 5.95. The number of fused-ring (bicyclic) bond motifs is 1. The maximum Gasteiger partial charge on any atom is 0.338 e. The molecule has 3 aromatic rings. The molecule has 1 aromatic heterocycles. The van der Waals surface area contributed by atoms with Crippen LogP contribution in [0.2, 0.25) is 10.0 Å². The number of carbonyl (C=O) groups is 1. The molecule has 35 heavy (non-hydrogen) atoms. The minimum absolute atomic E-state index is 0.0534. The second-order valence-corrected chi connectivity index (χ2v) is 10.6. The van der Waals surface area contributed by atoms with Crippen molar-refractivity contribution in [2.24, 2.45) is 0 Å². The SMILES string of the molecule is CC1=C(C(=O)OC2CCCCC2)C(c2ccccc2Cl)n2nc(SCc3ccccc3Cl)nc2N1. The van der Waals surface area contributed by atoms with Crippen molar-refractivity contribution in [2.45, 2.75) is 62.1 Å². The summed E-state index contributed by atoms with van der Waals surface area (Å²) in [4.78, 5) is 18.2. The molecule has 1 atom stereocenters. The number of carbonyl (C=O) groups excluding carboxylic acids is 1. The Balaban J connectivity index is 1.47. The van der Waals surface area contributed by atoms with Crippen molar-refractivity contribution in [2.75, 3.05) is 5.32 Å². The van der Waals surface area contributed by atoms with Crippen LogP contribution in [0.5, 0.6) is 0 Å². The standard InChI is InChI=1S/C26H26Cl2N4O2S/c1-16-22(24(33)34-18-10-3-2-4-11-18)23(19-12-6-8-14-21(19)28)32-25(29-16)30-26(31-32)35-15-17-9-5-7-13-20(17)27/h5-9,12-14,18,23H,2-4,10-11,15H2,1H3,(H,29,30,31). The lowest BCUT2D eigenvalue weighted by molar-refractivity contribution is -0.146. The Hall–Kier alpha value is -2.48. The van der Waals surface area contributed by atoms with Crippen LogP contribution in [0.1, 0.15) is 56.2 Å². The van der Waals surface area contributed by atoms with Crippen molar-refractivity contribution in [3.63, 3.8) is 0 Å². The number of thioether (sulfide) groups is 1. The van der Waals surface area contributed by atoms with E-state index in [-0.39, 0.29) is 12.1 Å². The average molecular weight is 529 g/mol. The van der Waals surface area contributed by atoms with Crippen LogP contribution in [-0.4, -0.2) is 26.8 Å². The van der Waals surface area contributed by atoms with E-state index in [1.807, 2.05) is 55.5 Å². The number of aromatic nitrogens is 3. The Kier molecular flexibility index (Phi) is 7.37. The van der Waals surface area contributed by atoms with Gasteiger partial charge in [-0.05, 0) is 50.3 Å². The number of nitrogens with zero attached hydrogens (tertiary/aromatic N) is 3. The highest BCUT2D eigenvalue weighted by Crippen LogP contribution is 2.40. The van der Waals surface area contributed by atoms with Gasteiger partial charge in [0.1, 0.15) is 12.1 Å². The van der Waals surface area contributed by atoms with Gasteiger partial charge in [0.2, 0.25) is 11.1 Å². The van der Waals surface area contributed by atoms with Gasteiger partial charge in [0.25, 0.3) is 0 Å². The van der Waals surface area contributed by atoms with Crippen LogP contribution >= 0.6 is 35.0 Å². The van der Waals surface area contributed by atoms with Crippen molar-refractivity contribution in [1.29, 1.82) is 0 Å². The smallest absolute Gasteiger partial charge is 0.338 e. The van der Waals surface area contributed by atoms with Gasteiger partial charge in [0.15, 0.2) is 0 Å². The monoisotopic (exact) mass is 528 g/mol. The van der Waals surface area contributed by atoms with Crippen molar-refractivity contribution >= 4 is 46.9 Å².